The molecule has 0 aliphatic rings. The number of rotatable bonds is 4. The Hall–Kier alpha value is -1.26. The fraction of sp³-hybridized carbons (Fsp3) is 0.133. The lowest BCUT2D eigenvalue weighted by Crippen LogP contribution is -2.14. The van der Waals surface area contributed by atoms with E-state index in [1.165, 1.54) is 0 Å². The second-order valence-corrected chi connectivity index (χ2v) is 5.82. The normalized spacial score (nSPS) is 10.2. The number of benzene rings is 2. The first-order valence-corrected chi connectivity index (χ1v) is 7.88. The van der Waals surface area contributed by atoms with E-state index in [0.717, 1.165) is 20.6 Å². The average Bonchev–Trinajstić information content (AvgIpc) is 2.39. The quantitative estimate of drug-likeness (QED) is 0.841. The van der Waals surface area contributed by atoms with Crippen LogP contribution in [0.25, 0.3) is 0 Å². The van der Waals surface area contributed by atoms with Gasteiger partial charge in [-0.3, -0.25) is 4.79 Å². The molecule has 0 radical (unpaired) electrons. The SMILES string of the molecule is CSc1ccccc1NC(=O)Cc1cccc(Br)c1. The Labute approximate surface area is 125 Å². The molecule has 2 aromatic rings. The van der Waals surface area contributed by atoms with Gasteiger partial charge in [0, 0.05) is 9.37 Å². The number of amides is 1. The van der Waals surface area contributed by atoms with Crippen LogP contribution in [0.3, 0.4) is 0 Å². The molecule has 0 atom stereocenters. The Balaban J connectivity index is 2.05. The fourth-order valence-electron chi connectivity index (χ4n) is 1.77. The molecule has 0 fully saturated rings. The van der Waals surface area contributed by atoms with Crippen molar-refractivity contribution in [3.8, 4) is 0 Å². The highest BCUT2D eigenvalue weighted by atomic mass is 79.9. The lowest BCUT2D eigenvalue weighted by molar-refractivity contribution is -0.115. The molecule has 0 saturated carbocycles. The number of thioether (sulfide) groups is 1. The van der Waals surface area contributed by atoms with Crippen LogP contribution in [-0.2, 0) is 11.2 Å². The van der Waals surface area contributed by atoms with Gasteiger partial charge >= 0.3 is 0 Å². The first-order chi connectivity index (χ1) is 9.19. The second-order valence-electron chi connectivity index (χ2n) is 4.06. The van der Waals surface area contributed by atoms with Crippen LogP contribution in [0.4, 0.5) is 5.69 Å². The van der Waals surface area contributed by atoms with Gasteiger partial charge in [-0.1, -0.05) is 40.2 Å². The van der Waals surface area contributed by atoms with Crippen molar-refractivity contribution in [1.29, 1.82) is 0 Å². The average molecular weight is 336 g/mol. The minimum atomic E-state index is -0.000370. The van der Waals surface area contributed by atoms with E-state index < -0.39 is 0 Å². The molecular formula is C15H14BrNOS. The van der Waals surface area contributed by atoms with Gasteiger partial charge in [0.15, 0.2) is 0 Å². The van der Waals surface area contributed by atoms with E-state index in [4.69, 9.17) is 0 Å². The topological polar surface area (TPSA) is 29.1 Å². The van der Waals surface area contributed by atoms with Crippen LogP contribution >= 0.6 is 27.7 Å². The highest BCUT2D eigenvalue weighted by molar-refractivity contribution is 9.10. The van der Waals surface area contributed by atoms with Gasteiger partial charge < -0.3 is 5.32 Å². The van der Waals surface area contributed by atoms with Gasteiger partial charge in [0.2, 0.25) is 5.91 Å². The van der Waals surface area contributed by atoms with E-state index in [1.807, 2.05) is 54.8 Å². The zero-order valence-corrected chi connectivity index (χ0v) is 12.9. The third-order valence-electron chi connectivity index (χ3n) is 2.63. The highest BCUT2D eigenvalue weighted by Crippen LogP contribution is 2.24. The molecule has 0 aromatic heterocycles. The van der Waals surface area contributed by atoms with Crippen molar-refractivity contribution in [3.63, 3.8) is 0 Å². The van der Waals surface area contributed by atoms with Crippen LogP contribution in [0.15, 0.2) is 57.9 Å². The molecule has 0 aliphatic heterocycles. The van der Waals surface area contributed by atoms with E-state index in [0.29, 0.717) is 6.42 Å². The lowest BCUT2D eigenvalue weighted by Gasteiger charge is -2.09. The van der Waals surface area contributed by atoms with Crippen molar-refractivity contribution in [3.05, 3.63) is 58.6 Å². The fourth-order valence-corrected chi connectivity index (χ4v) is 2.77. The predicted molar refractivity (Wildman–Crippen MR) is 84.7 cm³/mol. The number of nitrogens with one attached hydrogen (secondary N) is 1. The molecule has 4 heteroatoms. The van der Waals surface area contributed by atoms with E-state index >= 15 is 0 Å². The summed E-state index contributed by atoms with van der Waals surface area (Å²) < 4.78 is 0.988. The zero-order valence-electron chi connectivity index (χ0n) is 10.5. The smallest absolute Gasteiger partial charge is 0.228 e. The maximum absolute atomic E-state index is 12.0. The maximum Gasteiger partial charge on any atom is 0.228 e. The number of para-hydroxylation sites is 1. The van der Waals surface area contributed by atoms with Crippen LogP contribution in [0, 0.1) is 0 Å². The third-order valence-corrected chi connectivity index (χ3v) is 3.92. The van der Waals surface area contributed by atoms with Crippen LogP contribution < -0.4 is 5.32 Å². The van der Waals surface area contributed by atoms with Crippen LogP contribution in [-0.4, -0.2) is 12.2 Å². The van der Waals surface area contributed by atoms with Crippen molar-refractivity contribution in [1.82, 2.24) is 0 Å². The minimum Gasteiger partial charge on any atom is -0.325 e. The molecule has 2 aromatic carbocycles. The summed E-state index contributed by atoms with van der Waals surface area (Å²) >= 11 is 5.03. The van der Waals surface area contributed by atoms with Gasteiger partial charge in [-0.15, -0.1) is 11.8 Å². The second kappa shape index (κ2) is 6.78. The minimum absolute atomic E-state index is 0.000370. The molecule has 19 heavy (non-hydrogen) atoms. The summed E-state index contributed by atoms with van der Waals surface area (Å²) in [5, 5.41) is 2.95. The van der Waals surface area contributed by atoms with E-state index in [2.05, 4.69) is 21.2 Å². The molecule has 0 bridgehead atoms. The molecule has 0 saturated heterocycles. The van der Waals surface area contributed by atoms with Crippen molar-refractivity contribution in [2.45, 2.75) is 11.3 Å². The van der Waals surface area contributed by atoms with Crippen molar-refractivity contribution in [2.75, 3.05) is 11.6 Å². The van der Waals surface area contributed by atoms with E-state index in [-0.39, 0.29) is 5.91 Å². The summed E-state index contributed by atoms with van der Waals surface area (Å²) in [6, 6.07) is 15.6. The Bertz CT molecular complexity index is 586. The highest BCUT2D eigenvalue weighted by Gasteiger charge is 2.07. The van der Waals surface area contributed by atoms with E-state index in [9.17, 15) is 4.79 Å². The Morgan fingerprint density at radius 2 is 2.00 bits per heavy atom. The van der Waals surface area contributed by atoms with Gasteiger partial charge in [0.1, 0.15) is 0 Å². The summed E-state index contributed by atoms with van der Waals surface area (Å²) in [6.45, 7) is 0. The van der Waals surface area contributed by atoms with Crippen LogP contribution in [0.1, 0.15) is 5.56 Å². The molecule has 1 N–H and O–H groups in total. The summed E-state index contributed by atoms with van der Waals surface area (Å²) in [4.78, 5) is 13.1. The standard InChI is InChI=1S/C15H14BrNOS/c1-19-14-8-3-2-7-13(14)17-15(18)10-11-5-4-6-12(16)9-11/h2-9H,10H2,1H3,(H,17,18). The lowest BCUT2D eigenvalue weighted by atomic mass is 10.1. The van der Waals surface area contributed by atoms with Gasteiger partial charge in [-0.05, 0) is 36.1 Å². The van der Waals surface area contributed by atoms with Crippen LogP contribution in [0.2, 0.25) is 0 Å². The van der Waals surface area contributed by atoms with E-state index in [1.54, 1.807) is 11.8 Å². The maximum atomic E-state index is 12.0. The number of carbonyl (C=O) groups is 1. The van der Waals surface area contributed by atoms with Gasteiger partial charge in [-0.2, -0.15) is 0 Å². The molecule has 2 rings (SSSR count). The van der Waals surface area contributed by atoms with Crippen molar-refractivity contribution in [2.24, 2.45) is 0 Å². The van der Waals surface area contributed by atoms with Gasteiger partial charge in [0.05, 0.1) is 12.1 Å². The molecule has 0 unspecified atom stereocenters. The number of hydrogen-bond acceptors (Lipinski definition) is 2. The third kappa shape index (κ3) is 4.11. The molecular weight excluding hydrogens is 322 g/mol. The Kier molecular flexibility index (Phi) is 5.05. The molecule has 2 nitrogen and oxygen atoms in total. The zero-order chi connectivity index (χ0) is 13.7. The molecule has 0 heterocycles. The summed E-state index contributed by atoms with van der Waals surface area (Å²) in [7, 11) is 0. The summed E-state index contributed by atoms with van der Waals surface area (Å²) in [6.07, 6.45) is 2.38. The van der Waals surface area contributed by atoms with Crippen molar-refractivity contribution < 1.29 is 4.79 Å². The number of carbonyl (C=O) groups excluding carboxylic acids is 1. The Morgan fingerprint density at radius 1 is 1.21 bits per heavy atom. The monoisotopic (exact) mass is 335 g/mol. The number of hydrogen-bond donors (Lipinski definition) is 1. The molecule has 0 spiro atoms. The summed E-state index contributed by atoms with van der Waals surface area (Å²) in [5.41, 5.74) is 1.86. The van der Waals surface area contributed by atoms with Gasteiger partial charge in [0.25, 0.3) is 0 Å². The molecule has 98 valence electrons. The largest absolute Gasteiger partial charge is 0.325 e. The molecule has 0 aliphatic carbocycles. The predicted octanol–water partition coefficient (Wildman–Crippen LogP) is 4.35. The van der Waals surface area contributed by atoms with Gasteiger partial charge in [-0.25, -0.2) is 0 Å². The first-order valence-electron chi connectivity index (χ1n) is 5.86. The first kappa shape index (κ1) is 14.2. The van der Waals surface area contributed by atoms with Crippen LogP contribution in [0.5, 0.6) is 0 Å². The van der Waals surface area contributed by atoms with Crippen molar-refractivity contribution >= 4 is 39.3 Å². The Morgan fingerprint density at radius 3 is 2.74 bits per heavy atom. The summed E-state index contributed by atoms with van der Waals surface area (Å²) in [5.74, 6) is -0.000370. The number of anilines is 1. The molecule has 1 amide bonds. The number of halogens is 1.